The summed E-state index contributed by atoms with van der Waals surface area (Å²) in [6.45, 7) is 3.12. The van der Waals surface area contributed by atoms with E-state index in [1.54, 1.807) is 18.0 Å². The molecule has 0 radical (unpaired) electrons. The molecule has 1 aliphatic rings. The highest BCUT2D eigenvalue weighted by atomic mass is 16.5. The quantitative estimate of drug-likeness (QED) is 0.692. The van der Waals surface area contributed by atoms with Crippen LogP contribution in [0.2, 0.25) is 0 Å². The van der Waals surface area contributed by atoms with E-state index in [1.807, 2.05) is 0 Å². The summed E-state index contributed by atoms with van der Waals surface area (Å²) < 4.78 is 4.89. The first kappa shape index (κ1) is 9.21. The minimum atomic E-state index is -0.104. The van der Waals surface area contributed by atoms with Crippen molar-refractivity contribution in [3.8, 4) is 0 Å². The molecule has 1 amide bonds. The maximum Gasteiger partial charge on any atom is 0.292 e. The fraction of sp³-hybridized carbons (Fsp3) is 0.556. The number of carbonyl (C=O) groups is 1. The first-order chi connectivity index (χ1) is 6.68. The number of aryl methyl sites for hydroxylation is 1. The van der Waals surface area contributed by atoms with E-state index in [2.05, 4.69) is 5.16 Å². The van der Waals surface area contributed by atoms with Gasteiger partial charge in [0.05, 0.1) is 6.20 Å². The molecule has 1 aromatic heterocycles. The number of rotatable bonds is 1. The number of amides is 1. The van der Waals surface area contributed by atoms with Gasteiger partial charge in [-0.2, -0.15) is 0 Å². The minimum absolute atomic E-state index is 0.0992. The van der Waals surface area contributed by atoms with E-state index in [1.165, 1.54) is 0 Å². The Morgan fingerprint density at radius 1 is 1.79 bits per heavy atom. The van der Waals surface area contributed by atoms with Crippen LogP contribution in [0.15, 0.2) is 10.7 Å². The molecule has 1 saturated heterocycles. The maximum atomic E-state index is 11.8. The Labute approximate surface area is 81.8 Å². The minimum Gasteiger partial charge on any atom is -0.351 e. The second-order valence-corrected chi connectivity index (χ2v) is 3.64. The Morgan fingerprint density at radius 2 is 2.57 bits per heavy atom. The van der Waals surface area contributed by atoms with E-state index < -0.39 is 0 Å². The molecule has 0 aliphatic carbocycles. The number of likely N-dealkylation sites (tertiary alicyclic amines) is 1. The van der Waals surface area contributed by atoms with Gasteiger partial charge in [0.25, 0.3) is 5.91 Å². The lowest BCUT2D eigenvalue weighted by Crippen LogP contribution is -2.31. The molecular weight excluding hydrogens is 182 g/mol. The second kappa shape index (κ2) is 3.42. The molecule has 1 fully saturated rings. The summed E-state index contributed by atoms with van der Waals surface area (Å²) in [5, 5.41) is 3.58. The van der Waals surface area contributed by atoms with Crippen LogP contribution in [-0.2, 0) is 0 Å². The lowest BCUT2D eigenvalue weighted by molar-refractivity contribution is 0.0748. The molecule has 2 rings (SSSR count). The van der Waals surface area contributed by atoms with Crippen molar-refractivity contribution in [2.45, 2.75) is 19.4 Å². The molecule has 1 atom stereocenters. The zero-order valence-electron chi connectivity index (χ0n) is 8.06. The van der Waals surface area contributed by atoms with Crippen molar-refractivity contribution in [1.29, 1.82) is 0 Å². The van der Waals surface area contributed by atoms with Gasteiger partial charge >= 0.3 is 0 Å². The van der Waals surface area contributed by atoms with Gasteiger partial charge in [-0.05, 0) is 13.3 Å². The fourth-order valence-corrected chi connectivity index (χ4v) is 1.61. The van der Waals surface area contributed by atoms with Crippen LogP contribution in [0.1, 0.15) is 22.5 Å². The second-order valence-electron chi connectivity index (χ2n) is 3.64. The van der Waals surface area contributed by atoms with E-state index in [-0.39, 0.29) is 11.9 Å². The van der Waals surface area contributed by atoms with Crippen LogP contribution in [0, 0.1) is 6.92 Å². The maximum absolute atomic E-state index is 11.8. The molecule has 5 nitrogen and oxygen atoms in total. The SMILES string of the molecule is Cc1cnoc1C(=O)N1CCC(N)C1. The van der Waals surface area contributed by atoms with Crippen LogP contribution in [0.25, 0.3) is 0 Å². The van der Waals surface area contributed by atoms with Crippen molar-refractivity contribution >= 4 is 5.91 Å². The Hall–Kier alpha value is -1.36. The van der Waals surface area contributed by atoms with Gasteiger partial charge in [0.15, 0.2) is 0 Å². The van der Waals surface area contributed by atoms with Crippen molar-refractivity contribution < 1.29 is 9.32 Å². The molecule has 0 bridgehead atoms. The van der Waals surface area contributed by atoms with Crippen LogP contribution in [0.5, 0.6) is 0 Å². The average Bonchev–Trinajstić information content (AvgIpc) is 2.73. The molecule has 1 aromatic rings. The van der Waals surface area contributed by atoms with Gasteiger partial charge in [-0.3, -0.25) is 4.79 Å². The molecule has 0 spiro atoms. The van der Waals surface area contributed by atoms with Crippen LogP contribution in [0.4, 0.5) is 0 Å². The first-order valence-electron chi connectivity index (χ1n) is 4.64. The van der Waals surface area contributed by atoms with Gasteiger partial charge in [-0.1, -0.05) is 5.16 Å². The van der Waals surface area contributed by atoms with Gasteiger partial charge in [0.2, 0.25) is 5.76 Å². The standard InChI is InChI=1S/C9H13N3O2/c1-6-4-11-14-8(6)9(13)12-3-2-7(10)5-12/h4,7H,2-3,5,10H2,1H3. The molecule has 2 heterocycles. The largest absolute Gasteiger partial charge is 0.351 e. The van der Waals surface area contributed by atoms with Gasteiger partial charge in [-0.25, -0.2) is 0 Å². The third-order valence-corrected chi connectivity index (χ3v) is 2.45. The van der Waals surface area contributed by atoms with Crippen molar-refractivity contribution in [3.63, 3.8) is 0 Å². The number of carbonyl (C=O) groups excluding carboxylic acids is 1. The smallest absolute Gasteiger partial charge is 0.292 e. The number of nitrogens with two attached hydrogens (primary N) is 1. The van der Waals surface area contributed by atoms with Crippen LogP contribution < -0.4 is 5.73 Å². The van der Waals surface area contributed by atoms with Crippen LogP contribution in [-0.4, -0.2) is 35.1 Å². The normalized spacial score (nSPS) is 21.6. The predicted molar refractivity (Wildman–Crippen MR) is 49.7 cm³/mol. The van der Waals surface area contributed by atoms with Crippen molar-refractivity contribution in [1.82, 2.24) is 10.1 Å². The molecule has 1 aliphatic heterocycles. The summed E-state index contributed by atoms with van der Waals surface area (Å²) in [7, 11) is 0. The van der Waals surface area contributed by atoms with Gasteiger partial charge in [0, 0.05) is 24.7 Å². The Morgan fingerprint density at radius 3 is 3.07 bits per heavy atom. The molecule has 1 unspecified atom stereocenters. The van der Waals surface area contributed by atoms with Crippen LogP contribution in [0.3, 0.4) is 0 Å². The summed E-state index contributed by atoms with van der Waals surface area (Å²) >= 11 is 0. The van der Waals surface area contributed by atoms with Gasteiger partial charge < -0.3 is 15.2 Å². The highest BCUT2D eigenvalue weighted by Gasteiger charge is 2.27. The molecule has 76 valence electrons. The number of aromatic nitrogens is 1. The number of hydrogen-bond acceptors (Lipinski definition) is 4. The first-order valence-corrected chi connectivity index (χ1v) is 4.64. The topological polar surface area (TPSA) is 72.4 Å². The highest BCUT2D eigenvalue weighted by Crippen LogP contribution is 2.14. The number of hydrogen-bond donors (Lipinski definition) is 1. The summed E-state index contributed by atoms with van der Waals surface area (Å²) in [5.41, 5.74) is 6.49. The summed E-state index contributed by atoms with van der Waals surface area (Å²) in [6.07, 6.45) is 2.40. The van der Waals surface area contributed by atoms with Gasteiger partial charge in [0.1, 0.15) is 0 Å². The highest BCUT2D eigenvalue weighted by molar-refractivity contribution is 5.92. The monoisotopic (exact) mass is 195 g/mol. The molecular formula is C9H13N3O2. The lowest BCUT2D eigenvalue weighted by atomic mass is 10.2. The van der Waals surface area contributed by atoms with Crippen molar-refractivity contribution in [2.75, 3.05) is 13.1 Å². The zero-order chi connectivity index (χ0) is 10.1. The Balaban J connectivity index is 2.13. The third-order valence-electron chi connectivity index (χ3n) is 2.45. The average molecular weight is 195 g/mol. The third kappa shape index (κ3) is 1.50. The predicted octanol–water partition coefficient (Wildman–Crippen LogP) is 0.156. The fourth-order valence-electron chi connectivity index (χ4n) is 1.61. The summed E-state index contributed by atoms with van der Waals surface area (Å²) in [6, 6.07) is 0.0992. The zero-order valence-corrected chi connectivity index (χ0v) is 8.06. The van der Waals surface area contributed by atoms with E-state index in [0.29, 0.717) is 18.8 Å². The number of nitrogens with zero attached hydrogens (tertiary/aromatic N) is 2. The Bertz CT molecular complexity index is 348. The molecule has 0 aromatic carbocycles. The van der Waals surface area contributed by atoms with E-state index >= 15 is 0 Å². The summed E-state index contributed by atoms with van der Waals surface area (Å²) in [5.74, 6) is 0.229. The van der Waals surface area contributed by atoms with E-state index in [9.17, 15) is 4.79 Å². The summed E-state index contributed by atoms with van der Waals surface area (Å²) in [4.78, 5) is 13.5. The molecule has 2 N–H and O–H groups in total. The van der Waals surface area contributed by atoms with Crippen LogP contribution >= 0.6 is 0 Å². The van der Waals surface area contributed by atoms with Gasteiger partial charge in [-0.15, -0.1) is 0 Å². The van der Waals surface area contributed by atoms with E-state index in [0.717, 1.165) is 12.0 Å². The van der Waals surface area contributed by atoms with Crippen molar-refractivity contribution in [2.24, 2.45) is 5.73 Å². The van der Waals surface area contributed by atoms with E-state index in [4.69, 9.17) is 10.3 Å². The lowest BCUT2D eigenvalue weighted by Gasteiger charge is -2.13. The van der Waals surface area contributed by atoms with Crippen molar-refractivity contribution in [3.05, 3.63) is 17.5 Å². The molecule has 14 heavy (non-hydrogen) atoms. The Kier molecular flexibility index (Phi) is 2.25. The molecule has 5 heteroatoms. The molecule has 0 saturated carbocycles.